The molecule has 0 aromatic carbocycles. The predicted molar refractivity (Wildman–Crippen MR) is 71.9 cm³/mol. The Hall–Kier alpha value is -0.950. The second-order valence-corrected chi connectivity index (χ2v) is 4.82. The Morgan fingerprint density at radius 1 is 1.39 bits per heavy atom. The lowest BCUT2D eigenvalue weighted by atomic mass is 10.2. The molecule has 0 aliphatic carbocycles. The van der Waals surface area contributed by atoms with Crippen LogP contribution in [0.5, 0.6) is 0 Å². The lowest BCUT2D eigenvalue weighted by Gasteiger charge is -2.24. The Labute approximate surface area is 112 Å². The van der Waals surface area contributed by atoms with E-state index in [1.54, 1.807) is 0 Å². The van der Waals surface area contributed by atoms with Gasteiger partial charge < -0.3 is 20.4 Å². The van der Waals surface area contributed by atoms with Gasteiger partial charge in [-0.15, -0.1) is 0 Å². The number of thioether (sulfide) groups is 1. The molecular weight excluding hydrogens is 256 g/mol. The molecule has 1 unspecified atom stereocenters. The topological polar surface area (TPSA) is 89.9 Å². The molecule has 0 saturated heterocycles. The molecule has 106 valence electrons. The summed E-state index contributed by atoms with van der Waals surface area (Å²) in [4.78, 5) is 24.2. The van der Waals surface area contributed by atoms with Gasteiger partial charge in [-0.05, 0) is 24.9 Å². The number of carbonyl (C=O) groups excluding carboxylic acids is 1. The van der Waals surface area contributed by atoms with Crippen molar-refractivity contribution in [1.82, 2.24) is 10.2 Å². The number of nitrogens with one attached hydrogen (secondary N) is 1. The van der Waals surface area contributed by atoms with E-state index in [9.17, 15) is 9.59 Å². The van der Waals surface area contributed by atoms with E-state index in [4.69, 9.17) is 10.2 Å². The molecule has 6 nitrogen and oxygen atoms in total. The van der Waals surface area contributed by atoms with Crippen molar-refractivity contribution in [2.75, 3.05) is 31.7 Å². The van der Waals surface area contributed by atoms with E-state index in [2.05, 4.69) is 5.32 Å². The summed E-state index contributed by atoms with van der Waals surface area (Å²) in [5, 5.41) is 20.3. The second-order valence-electron chi connectivity index (χ2n) is 3.83. The standard InChI is InChI=1S/C11H22N2O4S/c1-3-5-13(6-7-14)11(17)12-9(10(15)16)4-8-18-2/h9,14H,3-8H2,1-2H3,(H,12,17)(H,15,16). The van der Waals surface area contributed by atoms with Gasteiger partial charge in [0.25, 0.3) is 0 Å². The van der Waals surface area contributed by atoms with Crippen molar-refractivity contribution in [2.45, 2.75) is 25.8 Å². The molecule has 7 heteroatoms. The molecule has 0 aliphatic rings. The van der Waals surface area contributed by atoms with Crippen LogP contribution in [0.25, 0.3) is 0 Å². The number of amides is 2. The van der Waals surface area contributed by atoms with Crippen LogP contribution < -0.4 is 5.32 Å². The molecule has 0 bridgehead atoms. The van der Waals surface area contributed by atoms with Crippen molar-refractivity contribution in [3.8, 4) is 0 Å². The SMILES string of the molecule is CCCN(CCO)C(=O)NC(CCSC)C(=O)O. The summed E-state index contributed by atoms with van der Waals surface area (Å²) < 4.78 is 0. The van der Waals surface area contributed by atoms with Crippen LogP contribution in [-0.4, -0.2) is 64.9 Å². The summed E-state index contributed by atoms with van der Waals surface area (Å²) in [6.45, 7) is 2.51. The smallest absolute Gasteiger partial charge is 0.326 e. The average Bonchev–Trinajstić information content (AvgIpc) is 2.33. The fourth-order valence-corrected chi connectivity index (χ4v) is 1.91. The minimum absolute atomic E-state index is 0.129. The Morgan fingerprint density at radius 2 is 2.06 bits per heavy atom. The fraction of sp³-hybridized carbons (Fsp3) is 0.818. The van der Waals surface area contributed by atoms with Crippen LogP contribution in [0.4, 0.5) is 4.79 Å². The van der Waals surface area contributed by atoms with Crippen LogP contribution in [0.2, 0.25) is 0 Å². The summed E-state index contributed by atoms with van der Waals surface area (Å²) in [6.07, 6.45) is 3.03. The first-order valence-electron chi connectivity index (χ1n) is 5.94. The van der Waals surface area contributed by atoms with Gasteiger partial charge in [-0.3, -0.25) is 0 Å². The predicted octanol–water partition coefficient (Wildman–Crippen LogP) is 0.607. The number of aliphatic hydroxyl groups is 1. The van der Waals surface area contributed by atoms with Crippen molar-refractivity contribution in [2.24, 2.45) is 0 Å². The van der Waals surface area contributed by atoms with Gasteiger partial charge in [-0.25, -0.2) is 9.59 Å². The Bertz CT molecular complexity index is 257. The third kappa shape index (κ3) is 6.70. The quantitative estimate of drug-likeness (QED) is 0.575. The Kier molecular flexibility index (Phi) is 9.49. The van der Waals surface area contributed by atoms with E-state index >= 15 is 0 Å². The van der Waals surface area contributed by atoms with Gasteiger partial charge in [-0.1, -0.05) is 6.92 Å². The lowest BCUT2D eigenvalue weighted by Crippen LogP contribution is -2.49. The molecule has 0 aliphatic heterocycles. The van der Waals surface area contributed by atoms with Crippen molar-refractivity contribution in [3.05, 3.63) is 0 Å². The van der Waals surface area contributed by atoms with Gasteiger partial charge in [0, 0.05) is 13.1 Å². The van der Waals surface area contributed by atoms with Crippen LogP contribution in [0.1, 0.15) is 19.8 Å². The maximum Gasteiger partial charge on any atom is 0.326 e. The molecule has 1 atom stereocenters. The molecule has 18 heavy (non-hydrogen) atoms. The first-order chi connectivity index (χ1) is 8.56. The van der Waals surface area contributed by atoms with Gasteiger partial charge in [0.1, 0.15) is 6.04 Å². The van der Waals surface area contributed by atoms with E-state index in [0.29, 0.717) is 18.7 Å². The first-order valence-corrected chi connectivity index (χ1v) is 7.34. The monoisotopic (exact) mass is 278 g/mol. The van der Waals surface area contributed by atoms with Crippen LogP contribution in [0, 0.1) is 0 Å². The number of hydrogen-bond acceptors (Lipinski definition) is 4. The van der Waals surface area contributed by atoms with Gasteiger partial charge in [0.2, 0.25) is 0 Å². The van der Waals surface area contributed by atoms with Gasteiger partial charge in [0.05, 0.1) is 6.61 Å². The molecule has 0 aromatic rings. The molecule has 0 heterocycles. The van der Waals surface area contributed by atoms with Gasteiger partial charge in [0.15, 0.2) is 0 Å². The van der Waals surface area contributed by atoms with Crippen LogP contribution >= 0.6 is 11.8 Å². The maximum atomic E-state index is 11.8. The van der Waals surface area contributed by atoms with E-state index in [0.717, 1.165) is 6.42 Å². The van der Waals surface area contributed by atoms with E-state index in [-0.39, 0.29) is 13.2 Å². The number of rotatable bonds is 9. The van der Waals surface area contributed by atoms with E-state index < -0.39 is 18.0 Å². The average molecular weight is 278 g/mol. The first kappa shape index (κ1) is 17.1. The number of aliphatic carboxylic acids is 1. The third-order valence-electron chi connectivity index (χ3n) is 2.36. The summed E-state index contributed by atoms with van der Waals surface area (Å²) in [6, 6.07) is -1.30. The fourth-order valence-electron chi connectivity index (χ4n) is 1.44. The molecule has 0 radical (unpaired) electrons. The lowest BCUT2D eigenvalue weighted by molar-refractivity contribution is -0.139. The molecule has 2 amide bonds. The minimum atomic E-state index is -1.03. The number of carboxylic acids is 1. The summed E-state index contributed by atoms with van der Waals surface area (Å²) in [5.74, 6) is -0.358. The number of hydrogen-bond donors (Lipinski definition) is 3. The maximum absolute atomic E-state index is 11.8. The van der Waals surface area contributed by atoms with Crippen molar-refractivity contribution in [3.63, 3.8) is 0 Å². The highest BCUT2D eigenvalue weighted by Crippen LogP contribution is 2.02. The number of aliphatic hydroxyl groups excluding tert-OH is 1. The molecule has 3 N–H and O–H groups in total. The summed E-state index contributed by atoms with van der Waals surface area (Å²) in [5.41, 5.74) is 0. The molecule has 0 rings (SSSR count). The Morgan fingerprint density at radius 3 is 2.50 bits per heavy atom. The van der Waals surface area contributed by atoms with Gasteiger partial charge >= 0.3 is 12.0 Å². The van der Waals surface area contributed by atoms with Crippen molar-refractivity contribution >= 4 is 23.8 Å². The normalized spacial score (nSPS) is 11.9. The van der Waals surface area contributed by atoms with Crippen LogP contribution in [0.3, 0.4) is 0 Å². The highest BCUT2D eigenvalue weighted by molar-refractivity contribution is 7.98. The van der Waals surface area contributed by atoms with Crippen LogP contribution in [-0.2, 0) is 4.79 Å². The molecule has 0 fully saturated rings. The molecular formula is C11H22N2O4S. The largest absolute Gasteiger partial charge is 0.480 e. The third-order valence-corrected chi connectivity index (χ3v) is 3.00. The summed E-state index contributed by atoms with van der Waals surface area (Å²) >= 11 is 1.54. The molecule has 0 aromatic heterocycles. The van der Waals surface area contributed by atoms with Crippen LogP contribution in [0.15, 0.2) is 0 Å². The van der Waals surface area contributed by atoms with Crippen molar-refractivity contribution < 1.29 is 19.8 Å². The number of nitrogens with zero attached hydrogens (tertiary/aromatic N) is 1. The Balaban J connectivity index is 4.39. The summed E-state index contributed by atoms with van der Waals surface area (Å²) in [7, 11) is 0. The highest BCUT2D eigenvalue weighted by atomic mass is 32.2. The minimum Gasteiger partial charge on any atom is -0.480 e. The van der Waals surface area contributed by atoms with E-state index in [1.165, 1.54) is 16.7 Å². The second kappa shape index (κ2) is 10.0. The van der Waals surface area contributed by atoms with Crippen molar-refractivity contribution in [1.29, 1.82) is 0 Å². The molecule has 0 spiro atoms. The highest BCUT2D eigenvalue weighted by Gasteiger charge is 2.22. The molecule has 0 saturated carbocycles. The zero-order valence-electron chi connectivity index (χ0n) is 10.9. The number of carbonyl (C=O) groups is 2. The zero-order chi connectivity index (χ0) is 14.0. The van der Waals surface area contributed by atoms with E-state index in [1.807, 2.05) is 13.2 Å². The van der Waals surface area contributed by atoms with Gasteiger partial charge in [-0.2, -0.15) is 11.8 Å². The number of urea groups is 1. The number of carboxylic acid groups (broad SMARTS) is 1. The zero-order valence-corrected chi connectivity index (χ0v) is 11.7.